The number of nitrogens with one attached hydrogen (secondary N) is 2. The molecular weight excluding hydrogens is 464 g/mol. The van der Waals surface area contributed by atoms with Crippen molar-refractivity contribution in [2.75, 3.05) is 24.7 Å². The Balaban J connectivity index is 1.39. The van der Waals surface area contributed by atoms with Crippen LogP contribution in [0.5, 0.6) is 0 Å². The number of alkyl carbamates (subject to hydrolysis) is 1. The second-order valence-corrected chi connectivity index (χ2v) is 9.16. The number of thioether (sulfide) groups is 1. The van der Waals surface area contributed by atoms with Crippen molar-refractivity contribution in [1.82, 2.24) is 10.6 Å². The lowest BCUT2D eigenvalue weighted by Gasteiger charge is -2.20. The van der Waals surface area contributed by atoms with Gasteiger partial charge in [-0.2, -0.15) is 0 Å². The minimum atomic E-state index is -0.934. The highest BCUT2D eigenvalue weighted by Crippen LogP contribution is 2.44. The zero-order valence-electron chi connectivity index (χ0n) is 19.0. The quantitative estimate of drug-likeness (QED) is 0.368. The van der Waals surface area contributed by atoms with Gasteiger partial charge >= 0.3 is 12.1 Å². The van der Waals surface area contributed by atoms with Crippen molar-refractivity contribution in [2.45, 2.75) is 12.0 Å². The minimum absolute atomic E-state index is 0.0318. The highest BCUT2D eigenvalue weighted by molar-refractivity contribution is 7.99. The van der Waals surface area contributed by atoms with Crippen LogP contribution in [0.4, 0.5) is 4.79 Å². The molecule has 0 bridgehead atoms. The Kier molecular flexibility index (Phi) is 8.05. The summed E-state index contributed by atoms with van der Waals surface area (Å²) >= 11 is 1.21. The topological polar surface area (TPSA) is 105 Å². The van der Waals surface area contributed by atoms with Gasteiger partial charge in [0, 0.05) is 18.2 Å². The van der Waals surface area contributed by atoms with E-state index in [4.69, 9.17) is 9.84 Å². The van der Waals surface area contributed by atoms with Crippen LogP contribution in [-0.2, 0) is 14.3 Å². The predicted molar refractivity (Wildman–Crippen MR) is 135 cm³/mol. The maximum absolute atomic E-state index is 12.9. The second kappa shape index (κ2) is 11.6. The molecule has 3 aromatic rings. The zero-order chi connectivity index (χ0) is 24.6. The van der Waals surface area contributed by atoms with Gasteiger partial charge < -0.3 is 20.5 Å². The van der Waals surface area contributed by atoms with Gasteiger partial charge in [-0.3, -0.25) is 9.59 Å². The minimum Gasteiger partial charge on any atom is -0.481 e. The number of carboxylic acid groups (broad SMARTS) is 1. The van der Waals surface area contributed by atoms with Gasteiger partial charge in [-0.15, -0.1) is 11.8 Å². The van der Waals surface area contributed by atoms with E-state index in [-0.39, 0.29) is 30.7 Å². The summed E-state index contributed by atoms with van der Waals surface area (Å²) in [5.41, 5.74) is 5.12. The largest absolute Gasteiger partial charge is 0.481 e. The monoisotopic (exact) mass is 490 g/mol. The van der Waals surface area contributed by atoms with E-state index < -0.39 is 18.1 Å². The van der Waals surface area contributed by atoms with Crippen LogP contribution < -0.4 is 10.6 Å². The Bertz CT molecular complexity index is 1160. The Hall–Kier alpha value is -3.78. The smallest absolute Gasteiger partial charge is 0.408 e. The van der Waals surface area contributed by atoms with Gasteiger partial charge in [0.15, 0.2) is 0 Å². The Morgan fingerprint density at radius 1 is 0.886 bits per heavy atom. The summed E-state index contributed by atoms with van der Waals surface area (Å²) < 4.78 is 5.61. The van der Waals surface area contributed by atoms with Crippen molar-refractivity contribution < 1.29 is 24.2 Å². The third-order valence-corrected chi connectivity index (χ3v) is 6.72. The first-order valence-electron chi connectivity index (χ1n) is 11.3. The number of benzene rings is 3. The fraction of sp³-hybridized carbons (Fsp3) is 0.222. The Morgan fingerprint density at radius 3 is 2.11 bits per heavy atom. The number of hydrogen-bond acceptors (Lipinski definition) is 5. The van der Waals surface area contributed by atoms with Crippen LogP contribution in [0.25, 0.3) is 11.1 Å². The van der Waals surface area contributed by atoms with Gasteiger partial charge in [-0.25, -0.2) is 4.79 Å². The number of carbonyl (C=O) groups excluding carboxylic acids is 2. The number of aliphatic carboxylic acids is 1. The molecule has 1 atom stereocenters. The van der Waals surface area contributed by atoms with Crippen LogP contribution in [-0.4, -0.2) is 47.7 Å². The molecule has 0 radical (unpaired) electrons. The average molecular weight is 491 g/mol. The predicted octanol–water partition coefficient (Wildman–Crippen LogP) is 4.20. The van der Waals surface area contributed by atoms with Crippen molar-refractivity contribution in [3.05, 3.63) is 95.6 Å². The molecule has 8 heteroatoms. The molecule has 7 nitrogen and oxygen atoms in total. The molecule has 35 heavy (non-hydrogen) atoms. The van der Waals surface area contributed by atoms with Gasteiger partial charge in [0.05, 0.1) is 5.75 Å². The van der Waals surface area contributed by atoms with Crippen molar-refractivity contribution in [2.24, 2.45) is 0 Å². The third kappa shape index (κ3) is 6.02. The van der Waals surface area contributed by atoms with Crippen LogP contribution in [0, 0.1) is 0 Å². The van der Waals surface area contributed by atoms with Crippen LogP contribution in [0.2, 0.25) is 0 Å². The van der Waals surface area contributed by atoms with Crippen LogP contribution in [0.1, 0.15) is 28.7 Å². The van der Waals surface area contributed by atoms with E-state index in [0.717, 1.165) is 22.3 Å². The summed E-state index contributed by atoms with van der Waals surface area (Å²) in [6, 6.07) is 24.2. The van der Waals surface area contributed by atoms with E-state index in [1.807, 2.05) is 42.5 Å². The molecule has 0 saturated carbocycles. The normalized spacial score (nSPS) is 12.8. The van der Waals surface area contributed by atoms with Gasteiger partial charge in [-0.1, -0.05) is 78.9 Å². The van der Waals surface area contributed by atoms with Crippen molar-refractivity contribution in [3.8, 4) is 11.1 Å². The maximum Gasteiger partial charge on any atom is 0.408 e. The molecule has 0 fully saturated rings. The number of fused-ring (bicyclic) bond motifs is 3. The lowest BCUT2D eigenvalue weighted by atomic mass is 9.98. The number of rotatable bonds is 10. The number of carboxylic acids is 1. The first kappa shape index (κ1) is 24.3. The van der Waals surface area contributed by atoms with E-state index in [2.05, 4.69) is 22.8 Å². The molecule has 0 saturated heterocycles. The van der Waals surface area contributed by atoms with E-state index in [9.17, 15) is 14.4 Å². The summed E-state index contributed by atoms with van der Waals surface area (Å²) in [4.78, 5) is 36.3. The molecule has 3 N–H and O–H groups in total. The van der Waals surface area contributed by atoms with Crippen LogP contribution >= 0.6 is 11.8 Å². The molecule has 3 aromatic carbocycles. The first-order chi connectivity index (χ1) is 17.0. The molecule has 4 rings (SSSR count). The molecule has 0 heterocycles. The molecular formula is C27H26N2O5S. The van der Waals surface area contributed by atoms with Gasteiger partial charge in [0.2, 0.25) is 5.91 Å². The van der Waals surface area contributed by atoms with Crippen molar-refractivity contribution in [3.63, 3.8) is 0 Å². The molecule has 2 amide bonds. The standard InChI is InChI=1S/C27H26N2O5S/c30-24(31)17-35-15-14-28-26(32)25(18-8-2-1-3-9-18)29-27(33)34-16-23-21-12-6-4-10-19(21)20-11-5-7-13-22(20)23/h1-13,23,25H,14-17H2,(H,28,32)(H,29,33)(H,30,31)/t25-/m1/s1. The molecule has 1 aliphatic carbocycles. The lowest BCUT2D eigenvalue weighted by Crippen LogP contribution is -2.41. The fourth-order valence-corrected chi connectivity index (χ4v) is 4.78. The summed E-state index contributed by atoms with van der Waals surface area (Å²) in [6.45, 7) is 0.432. The number of hydrogen-bond donors (Lipinski definition) is 3. The molecule has 0 unspecified atom stereocenters. The first-order valence-corrected chi connectivity index (χ1v) is 12.4. The second-order valence-electron chi connectivity index (χ2n) is 8.05. The van der Waals surface area contributed by atoms with Gasteiger partial charge in [0.25, 0.3) is 0 Å². The number of amides is 2. The summed E-state index contributed by atoms with van der Waals surface area (Å²) in [7, 11) is 0. The number of ether oxygens (including phenoxy) is 1. The average Bonchev–Trinajstić information content (AvgIpc) is 3.19. The molecule has 0 spiro atoms. The summed E-state index contributed by atoms with van der Waals surface area (Å²) in [6.07, 6.45) is -0.684. The van der Waals surface area contributed by atoms with E-state index in [1.54, 1.807) is 24.3 Å². The Morgan fingerprint density at radius 2 is 1.49 bits per heavy atom. The van der Waals surface area contributed by atoms with Gasteiger partial charge in [-0.05, 0) is 27.8 Å². The van der Waals surface area contributed by atoms with E-state index >= 15 is 0 Å². The van der Waals surface area contributed by atoms with Crippen molar-refractivity contribution in [1.29, 1.82) is 0 Å². The third-order valence-electron chi connectivity index (χ3n) is 5.77. The van der Waals surface area contributed by atoms with E-state index in [1.165, 1.54) is 11.8 Å². The zero-order valence-corrected chi connectivity index (χ0v) is 19.8. The van der Waals surface area contributed by atoms with Gasteiger partial charge in [0.1, 0.15) is 12.6 Å². The fourth-order valence-electron chi connectivity index (χ4n) is 4.21. The Labute approximate surface area is 207 Å². The summed E-state index contributed by atoms with van der Waals surface area (Å²) in [5.74, 6) is -0.954. The molecule has 0 aromatic heterocycles. The molecule has 1 aliphatic rings. The molecule has 0 aliphatic heterocycles. The number of carbonyl (C=O) groups is 3. The molecule has 180 valence electrons. The SMILES string of the molecule is O=C(O)CSCCNC(=O)[C@H](NC(=O)OCC1c2ccccc2-c2ccccc21)c1ccccc1. The van der Waals surface area contributed by atoms with Crippen LogP contribution in [0.15, 0.2) is 78.9 Å². The maximum atomic E-state index is 12.9. The van der Waals surface area contributed by atoms with Crippen molar-refractivity contribution >= 4 is 29.7 Å². The highest BCUT2D eigenvalue weighted by atomic mass is 32.2. The lowest BCUT2D eigenvalue weighted by molar-refractivity contribution is -0.133. The van der Waals surface area contributed by atoms with E-state index in [0.29, 0.717) is 11.3 Å². The summed E-state index contributed by atoms with van der Waals surface area (Å²) in [5, 5.41) is 14.2. The van der Waals surface area contributed by atoms with Crippen LogP contribution in [0.3, 0.4) is 0 Å². The highest BCUT2D eigenvalue weighted by Gasteiger charge is 2.30.